The zero-order chi connectivity index (χ0) is 21.3. The quantitative estimate of drug-likeness (QED) is 0.549. The number of methoxy groups -OCH3 is 1. The lowest BCUT2D eigenvalue weighted by molar-refractivity contribution is -0.116. The van der Waals surface area contributed by atoms with Crippen LogP contribution in [0.2, 0.25) is 0 Å². The van der Waals surface area contributed by atoms with E-state index >= 15 is 0 Å². The summed E-state index contributed by atoms with van der Waals surface area (Å²) in [6.45, 7) is -0.294. The molecule has 2 heterocycles. The van der Waals surface area contributed by atoms with Crippen molar-refractivity contribution in [2.75, 3.05) is 12.4 Å². The van der Waals surface area contributed by atoms with E-state index in [2.05, 4.69) is 10.4 Å². The largest absolute Gasteiger partial charge is 0.497 e. The summed E-state index contributed by atoms with van der Waals surface area (Å²) in [5.41, 5.74) is 1.38. The van der Waals surface area contributed by atoms with E-state index in [1.165, 1.54) is 21.3 Å². The summed E-state index contributed by atoms with van der Waals surface area (Å²) in [6, 6.07) is 11.9. The van der Waals surface area contributed by atoms with Crippen molar-refractivity contribution in [3.8, 4) is 17.0 Å². The minimum Gasteiger partial charge on any atom is -0.497 e. The van der Waals surface area contributed by atoms with E-state index in [0.717, 1.165) is 17.7 Å². The number of hydrogen-bond donors (Lipinski definition) is 1. The summed E-state index contributed by atoms with van der Waals surface area (Å²) in [6.07, 6.45) is 3.00. The fraction of sp³-hybridized carbons (Fsp3) is 0.0952. The van der Waals surface area contributed by atoms with Crippen LogP contribution in [0.5, 0.6) is 5.75 Å². The minimum absolute atomic E-state index is 0.0965. The third-order valence-electron chi connectivity index (χ3n) is 4.51. The molecule has 0 radical (unpaired) electrons. The van der Waals surface area contributed by atoms with Crippen LogP contribution in [0.15, 0.2) is 65.7 Å². The second-order valence-electron chi connectivity index (χ2n) is 6.50. The monoisotopic (exact) mass is 410 g/mol. The smallest absolute Gasteiger partial charge is 0.277 e. The second kappa shape index (κ2) is 7.78. The van der Waals surface area contributed by atoms with Crippen LogP contribution in [-0.4, -0.2) is 27.2 Å². The van der Waals surface area contributed by atoms with Gasteiger partial charge in [0.25, 0.3) is 5.56 Å². The first-order chi connectivity index (χ1) is 14.4. The Morgan fingerprint density at radius 1 is 1.07 bits per heavy atom. The Morgan fingerprint density at radius 2 is 1.83 bits per heavy atom. The summed E-state index contributed by atoms with van der Waals surface area (Å²) in [7, 11) is 1.57. The van der Waals surface area contributed by atoms with Crippen LogP contribution < -0.4 is 15.6 Å². The lowest BCUT2D eigenvalue weighted by atomic mass is 10.1. The van der Waals surface area contributed by atoms with E-state index in [4.69, 9.17) is 4.74 Å². The first-order valence-electron chi connectivity index (χ1n) is 8.93. The maximum absolute atomic E-state index is 13.3. The average Bonchev–Trinajstić information content (AvgIpc) is 3.18. The molecule has 0 bridgehead atoms. The summed E-state index contributed by atoms with van der Waals surface area (Å²) in [5.74, 6) is -1.93. The van der Waals surface area contributed by atoms with Gasteiger partial charge in [0.1, 0.15) is 17.8 Å². The molecule has 30 heavy (non-hydrogen) atoms. The number of nitrogens with zero attached hydrogens (tertiary/aromatic N) is 3. The zero-order valence-corrected chi connectivity index (χ0v) is 15.8. The van der Waals surface area contributed by atoms with Gasteiger partial charge in [0.2, 0.25) is 5.91 Å². The van der Waals surface area contributed by atoms with Gasteiger partial charge in [-0.2, -0.15) is 5.10 Å². The molecule has 0 atom stereocenters. The molecule has 0 fully saturated rings. The first kappa shape index (κ1) is 19.3. The average molecular weight is 410 g/mol. The lowest BCUT2D eigenvalue weighted by Gasteiger charge is -2.08. The molecule has 1 amide bonds. The van der Waals surface area contributed by atoms with E-state index in [0.29, 0.717) is 17.0 Å². The number of ether oxygens (including phenoxy) is 1. The van der Waals surface area contributed by atoms with Crippen molar-refractivity contribution in [3.63, 3.8) is 0 Å². The van der Waals surface area contributed by atoms with Crippen molar-refractivity contribution >= 4 is 17.1 Å². The molecular weight excluding hydrogens is 394 g/mol. The number of aromatic nitrogens is 3. The van der Waals surface area contributed by atoms with E-state index in [1.54, 1.807) is 31.5 Å². The number of anilines is 1. The fourth-order valence-electron chi connectivity index (χ4n) is 2.98. The third kappa shape index (κ3) is 3.77. The van der Waals surface area contributed by atoms with E-state index in [1.807, 2.05) is 12.1 Å². The highest BCUT2D eigenvalue weighted by atomic mass is 19.2. The van der Waals surface area contributed by atoms with Gasteiger partial charge in [-0.1, -0.05) is 0 Å². The van der Waals surface area contributed by atoms with E-state index < -0.39 is 23.1 Å². The second-order valence-corrected chi connectivity index (χ2v) is 6.50. The molecule has 1 N–H and O–H groups in total. The van der Waals surface area contributed by atoms with E-state index in [9.17, 15) is 18.4 Å². The highest BCUT2D eigenvalue weighted by Gasteiger charge is 2.12. The number of carbonyl (C=O) groups excluding carboxylic acids is 1. The van der Waals surface area contributed by atoms with Gasteiger partial charge in [-0.15, -0.1) is 0 Å². The molecule has 7 nitrogen and oxygen atoms in total. The van der Waals surface area contributed by atoms with Crippen molar-refractivity contribution in [2.45, 2.75) is 6.54 Å². The van der Waals surface area contributed by atoms with Gasteiger partial charge >= 0.3 is 0 Å². The summed E-state index contributed by atoms with van der Waals surface area (Å²) >= 11 is 0. The number of carbonyl (C=O) groups is 1. The Morgan fingerprint density at radius 3 is 2.53 bits per heavy atom. The van der Waals surface area contributed by atoms with Gasteiger partial charge in [0, 0.05) is 29.7 Å². The molecule has 2 aromatic heterocycles. The van der Waals surface area contributed by atoms with Crippen LogP contribution in [-0.2, 0) is 11.3 Å². The SMILES string of the molecule is COc1ccc(-c2cc3c(=O)n(CC(=O)Nc4ccc(F)c(F)c4)ccn3n2)cc1. The molecule has 0 saturated heterocycles. The molecule has 9 heteroatoms. The normalized spacial score (nSPS) is 10.9. The maximum Gasteiger partial charge on any atom is 0.277 e. The Balaban J connectivity index is 1.57. The zero-order valence-electron chi connectivity index (χ0n) is 15.8. The Kier molecular flexibility index (Phi) is 5.01. The predicted octanol–water partition coefficient (Wildman–Crippen LogP) is 3.09. The van der Waals surface area contributed by atoms with Crippen LogP contribution in [0.4, 0.5) is 14.5 Å². The fourth-order valence-corrected chi connectivity index (χ4v) is 2.98. The number of rotatable bonds is 5. The first-order valence-corrected chi connectivity index (χ1v) is 8.93. The van der Waals surface area contributed by atoms with E-state index in [-0.39, 0.29) is 12.2 Å². The molecule has 152 valence electrons. The van der Waals surface area contributed by atoms with Gasteiger partial charge in [-0.3, -0.25) is 9.59 Å². The Labute approximate surface area is 169 Å². The van der Waals surface area contributed by atoms with Crippen LogP contribution in [0.1, 0.15) is 0 Å². The molecule has 0 aliphatic rings. The van der Waals surface area contributed by atoms with Crippen LogP contribution in [0.3, 0.4) is 0 Å². The standard InChI is InChI=1S/C21H16F2N4O3/c1-30-15-5-2-13(3-6-15)18-11-19-21(29)26(8-9-27(19)25-18)12-20(28)24-14-4-7-16(22)17(23)10-14/h2-11H,12H2,1H3,(H,24,28). The summed E-state index contributed by atoms with van der Waals surface area (Å²) in [5, 5.41) is 6.83. The number of halogens is 2. The molecule has 0 aliphatic heterocycles. The topological polar surface area (TPSA) is 77.6 Å². The highest BCUT2D eigenvalue weighted by molar-refractivity contribution is 5.90. The van der Waals surface area contributed by atoms with Crippen molar-refractivity contribution in [2.24, 2.45) is 0 Å². The third-order valence-corrected chi connectivity index (χ3v) is 4.51. The van der Waals surface area contributed by atoms with Gasteiger partial charge in [-0.05, 0) is 42.5 Å². The van der Waals surface area contributed by atoms with Gasteiger partial charge in [0.15, 0.2) is 11.6 Å². The summed E-state index contributed by atoms with van der Waals surface area (Å²) < 4.78 is 34.1. The molecule has 0 unspecified atom stereocenters. The van der Waals surface area contributed by atoms with Crippen LogP contribution in [0.25, 0.3) is 16.8 Å². The minimum atomic E-state index is -1.07. The molecule has 2 aromatic carbocycles. The summed E-state index contributed by atoms with van der Waals surface area (Å²) in [4.78, 5) is 25.0. The van der Waals surface area contributed by atoms with Gasteiger partial charge in [0.05, 0.1) is 12.8 Å². The maximum atomic E-state index is 13.3. The highest BCUT2D eigenvalue weighted by Crippen LogP contribution is 2.21. The van der Waals surface area contributed by atoms with Crippen molar-refractivity contribution in [3.05, 3.63) is 82.9 Å². The number of fused-ring (bicyclic) bond motifs is 1. The molecule has 0 saturated carbocycles. The molecule has 4 rings (SSSR count). The Bertz CT molecular complexity index is 1300. The van der Waals surface area contributed by atoms with Crippen LogP contribution in [0, 0.1) is 11.6 Å². The van der Waals surface area contributed by atoms with Gasteiger partial charge in [-0.25, -0.2) is 13.3 Å². The number of nitrogens with one attached hydrogen (secondary N) is 1. The van der Waals surface area contributed by atoms with Crippen molar-refractivity contribution in [1.82, 2.24) is 14.2 Å². The predicted molar refractivity (Wildman–Crippen MR) is 106 cm³/mol. The van der Waals surface area contributed by atoms with Gasteiger partial charge < -0.3 is 14.6 Å². The number of amides is 1. The molecule has 0 spiro atoms. The number of benzene rings is 2. The van der Waals surface area contributed by atoms with Crippen molar-refractivity contribution < 1.29 is 18.3 Å². The van der Waals surface area contributed by atoms with Crippen LogP contribution >= 0.6 is 0 Å². The molecule has 0 aliphatic carbocycles. The number of hydrogen-bond acceptors (Lipinski definition) is 4. The molecule has 4 aromatic rings. The van der Waals surface area contributed by atoms with Crippen molar-refractivity contribution in [1.29, 1.82) is 0 Å². The Hall–Kier alpha value is -4.01. The molecular formula is C21H16F2N4O3. The lowest BCUT2D eigenvalue weighted by Crippen LogP contribution is -2.28.